The van der Waals surface area contributed by atoms with Crippen LogP contribution >= 0.6 is 15.9 Å². The van der Waals surface area contributed by atoms with Gasteiger partial charge in [-0.1, -0.05) is 0 Å². The maximum absolute atomic E-state index is 4.32. The number of imidazole rings is 1. The number of hydrogen-bond donors (Lipinski definition) is 0. The summed E-state index contributed by atoms with van der Waals surface area (Å²) in [6.07, 6.45) is 3.27. The van der Waals surface area contributed by atoms with E-state index >= 15 is 0 Å². The first kappa shape index (κ1) is 10.2. The van der Waals surface area contributed by atoms with Crippen LogP contribution in [0.4, 0.5) is 0 Å². The van der Waals surface area contributed by atoms with Gasteiger partial charge in [0.05, 0.1) is 0 Å². The van der Waals surface area contributed by atoms with Gasteiger partial charge in [-0.3, -0.25) is 0 Å². The normalized spacial score (nSPS) is 23.2. The van der Waals surface area contributed by atoms with Crippen molar-refractivity contribution in [2.45, 2.75) is 25.8 Å². The first-order valence-electron chi connectivity index (χ1n) is 5.11. The first-order valence-corrected chi connectivity index (χ1v) is 5.91. The van der Waals surface area contributed by atoms with Crippen LogP contribution in [0.1, 0.15) is 25.0 Å². The fourth-order valence-electron chi connectivity index (χ4n) is 2.18. The number of nitrogens with zero attached hydrogens (tertiary/aromatic N) is 3. The van der Waals surface area contributed by atoms with E-state index in [1.807, 2.05) is 6.20 Å². The lowest BCUT2D eigenvalue weighted by Crippen LogP contribution is -2.14. The summed E-state index contributed by atoms with van der Waals surface area (Å²) in [4.78, 5) is 6.70. The number of likely N-dealkylation sites (tertiary alicyclic amines) is 1. The molecule has 0 amide bonds. The lowest BCUT2D eigenvalue weighted by Gasteiger charge is -2.12. The van der Waals surface area contributed by atoms with Crippen molar-refractivity contribution < 1.29 is 0 Å². The minimum Gasteiger partial charge on any atom is -0.323 e. The molecule has 3 nitrogen and oxygen atoms in total. The van der Waals surface area contributed by atoms with Crippen LogP contribution in [0.15, 0.2) is 10.9 Å². The second kappa shape index (κ2) is 4.03. The van der Waals surface area contributed by atoms with Gasteiger partial charge in [-0.2, -0.15) is 0 Å². The van der Waals surface area contributed by atoms with E-state index in [0.717, 1.165) is 17.8 Å². The third-order valence-corrected chi connectivity index (χ3v) is 3.60. The maximum atomic E-state index is 4.32. The topological polar surface area (TPSA) is 21.1 Å². The van der Waals surface area contributed by atoms with E-state index in [-0.39, 0.29) is 0 Å². The molecule has 14 heavy (non-hydrogen) atoms. The van der Waals surface area contributed by atoms with E-state index in [0.29, 0.717) is 5.92 Å². The number of halogens is 1. The van der Waals surface area contributed by atoms with E-state index in [2.05, 4.69) is 44.4 Å². The van der Waals surface area contributed by atoms with Crippen molar-refractivity contribution >= 4 is 15.9 Å². The highest BCUT2D eigenvalue weighted by atomic mass is 79.9. The Morgan fingerprint density at radius 2 is 2.43 bits per heavy atom. The smallest absolute Gasteiger partial charge is 0.177 e. The van der Waals surface area contributed by atoms with Crippen LogP contribution in [0.5, 0.6) is 0 Å². The predicted octanol–water partition coefficient (Wildman–Crippen LogP) is 2.08. The van der Waals surface area contributed by atoms with Crippen molar-refractivity contribution in [1.29, 1.82) is 0 Å². The molecule has 0 aromatic carbocycles. The molecule has 0 bridgehead atoms. The third kappa shape index (κ3) is 1.73. The molecule has 1 aromatic heterocycles. The highest BCUT2D eigenvalue weighted by molar-refractivity contribution is 9.10. The van der Waals surface area contributed by atoms with Crippen LogP contribution in [-0.2, 0) is 6.54 Å². The van der Waals surface area contributed by atoms with Crippen molar-refractivity contribution in [1.82, 2.24) is 14.5 Å². The molecule has 2 heterocycles. The fraction of sp³-hybridized carbons (Fsp3) is 0.700. The molecule has 1 aromatic rings. The zero-order valence-corrected chi connectivity index (χ0v) is 10.3. The monoisotopic (exact) mass is 257 g/mol. The summed E-state index contributed by atoms with van der Waals surface area (Å²) in [5, 5.41) is 0. The molecule has 4 heteroatoms. The number of aromatic nitrogens is 2. The van der Waals surface area contributed by atoms with Crippen LogP contribution in [0.2, 0.25) is 0 Å². The van der Waals surface area contributed by atoms with Gasteiger partial charge in [0, 0.05) is 30.9 Å². The standard InChI is InChI=1S/C10H16BrN3/c1-3-14-9(6-12-10(14)11)8-4-5-13(2)7-8/h6,8H,3-5,7H2,1-2H3. The fourth-order valence-corrected chi connectivity index (χ4v) is 2.74. The largest absolute Gasteiger partial charge is 0.323 e. The number of likely N-dealkylation sites (N-methyl/N-ethyl adjacent to an activating group) is 1. The Hall–Kier alpha value is -0.350. The summed E-state index contributed by atoms with van der Waals surface area (Å²) < 4.78 is 3.22. The quantitative estimate of drug-likeness (QED) is 0.809. The van der Waals surface area contributed by atoms with E-state index in [4.69, 9.17) is 0 Å². The van der Waals surface area contributed by atoms with Gasteiger partial charge in [0.25, 0.3) is 0 Å². The molecule has 1 aliphatic rings. The molecule has 0 N–H and O–H groups in total. The zero-order chi connectivity index (χ0) is 10.1. The van der Waals surface area contributed by atoms with Gasteiger partial charge < -0.3 is 9.47 Å². The van der Waals surface area contributed by atoms with E-state index in [9.17, 15) is 0 Å². The molecule has 0 spiro atoms. The molecule has 1 aliphatic heterocycles. The predicted molar refractivity (Wildman–Crippen MR) is 60.5 cm³/mol. The van der Waals surface area contributed by atoms with Crippen LogP contribution in [0, 0.1) is 0 Å². The molecule has 1 atom stereocenters. The Morgan fingerprint density at radius 3 is 3.00 bits per heavy atom. The number of rotatable bonds is 2. The Bertz CT molecular complexity index is 321. The Morgan fingerprint density at radius 1 is 1.64 bits per heavy atom. The summed E-state index contributed by atoms with van der Waals surface area (Å²) in [5.41, 5.74) is 1.38. The van der Waals surface area contributed by atoms with E-state index in [1.54, 1.807) is 0 Å². The maximum Gasteiger partial charge on any atom is 0.177 e. The molecule has 0 aliphatic carbocycles. The second-order valence-corrected chi connectivity index (χ2v) is 4.65. The van der Waals surface area contributed by atoms with Crippen molar-refractivity contribution in [3.05, 3.63) is 16.6 Å². The molecular weight excluding hydrogens is 242 g/mol. The van der Waals surface area contributed by atoms with Gasteiger partial charge in [0.1, 0.15) is 0 Å². The van der Waals surface area contributed by atoms with Gasteiger partial charge in [-0.25, -0.2) is 4.98 Å². The number of hydrogen-bond acceptors (Lipinski definition) is 2. The lowest BCUT2D eigenvalue weighted by molar-refractivity contribution is 0.409. The van der Waals surface area contributed by atoms with Crippen molar-refractivity contribution in [3.8, 4) is 0 Å². The van der Waals surface area contributed by atoms with E-state index < -0.39 is 0 Å². The highest BCUT2D eigenvalue weighted by Gasteiger charge is 2.24. The average molecular weight is 258 g/mol. The molecule has 1 unspecified atom stereocenters. The van der Waals surface area contributed by atoms with Crippen molar-refractivity contribution in [2.75, 3.05) is 20.1 Å². The van der Waals surface area contributed by atoms with Crippen LogP contribution < -0.4 is 0 Å². The molecule has 2 rings (SSSR count). The third-order valence-electron chi connectivity index (χ3n) is 2.96. The van der Waals surface area contributed by atoms with Crippen LogP contribution in [0.3, 0.4) is 0 Å². The summed E-state index contributed by atoms with van der Waals surface area (Å²) in [5.74, 6) is 0.666. The minimum absolute atomic E-state index is 0.666. The van der Waals surface area contributed by atoms with Gasteiger partial charge in [-0.15, -0.1) is 0 Å². The summed E-state index contributed by atoms with van der Waals surface area (Å²) in [6, 6.07) is 0. The Kier molecular flexibility index (Phi) is 2.93. The molecular formula is C10H16BrN3. The summed E-state index contributed by atoms with van der Waals surface area (Å²) >= 11 is 3.48. The van der Waals surface area contributed by atoms with Crippen LogP contribution in [-0.4, -0.2) is 34.6 Å². The first-order chi connectivity index (χ1) is 6.72. The summed E-state index contributed by atoms with van der Waals surface area (Å²) in [6.45, 7) is 5.53. The van der Waals surface area contributed by atoms with Crippen molar-refractivity contribution in [2.24, 2.45) is 0 Å². The zero-order valence-electron chi connectivity index (χ0n) is 8.70. The van der Waals surface area contributed by atoms with Gasteiger partial charge >= 0.3 is 0 Å². The van der Waals surface area contributed by atoms with Gasteiger partial charge in [0.15, 0.2) is 4.73 Å². The lowest BCUT2D eigenvalue weighted by atomic mass is 10.1. The van der Waals surface area contributed by atoms with Crippen LogP contribution in [0.25, 0.3) is 0 Å². The van der Waals surface area contributed by atoms with Crippen molar-refractivity contribution in [3.63, 3.8) is 0 Å². The Labute approximate surface area is 93.2 Å². The molecule has 0 radical (unpaired) electrons. The van der Waals surface area contributed by atoms with E-state index in [1.165, 1.54) is 18.7 Å². The Balaban J connectivity index is 2.23. The highest BCUT2D eigenvalue weighted by Crippen LogP contribution is 2.28. The SMILES string of the molecule is CCn1c(C2CCN(C)C2)cnc1Br. The molecule has 78 valence electrons. The second-order valence-electron chi connectivity index (χ2n) is 3.94. The van der Waals surface area contributed by atoms with Gasteiger partial charge in [0.2, 0.25) is 0 Å². The molecule has 1 fully saturated rings. The average Bonchev–Trinajstić information content (AvgIpc) is 2.71. The minimum atomic E-state index is 0.666. The summed E-state index contributed by atoms with van der Waals surface area (Å²) in [7, 11) is 2.18. The molecule has 1 saturated heterocycles. The molecule has 0 saturated carbocycles. The van der Waals surface area contributed by atoms with Gasteiger partial charge in [-0.05, 0) is 42.9 Å².